The maximum absolute atomic E-state index is 9.10. The summed E-state index contributed by atoms with van der Waals surface area (Å²) in [7, 11) is 0. The number of carboxylic acids is 2. The minimum absolute atomic E-state index is 0.726. The molecular formula is C10H14N4O4. The zero-order valence-corrected chi connectivity index (χ0v) is 9.67. The summed E-state index contributed by atoms with van der Waals surface area (Å²) >= 11 is 0. The fourth-order valence-corrected chi connectivity index (χ4v) is 1.76. The Balaban J connectivity index is 0.000000174. The summed E-state index contributed by atoms with van der Waals surface area (Å²) in [6.07, 6.45) is 2.62. The van der Waals surface area contributed by atoms with Gasteiger partial charge in [0.1, 0.15) is 11.6 Å². The number of carbonyl (C=O) groups is 2. The molecule has 18 heavy (non-hydrogen) atoms. The van der Waals surface area contributed by atoms with E-state index in [0.29, 0.717) is 0 Å². The Labute approximate surface area is 103 Å². The third kappa shape index (κ3) is 2.83. The first kappa shape index (κ1) is 12.5. The number of nitrogens with zero attached hydrogens (tertiary/aromatic N) is 3. The fraction of sp³-hybridized carbons (Fsp3) is 0.600. The van der Waals surface area contributed by atoms with E-state index >= 15 is 0 Å². The van der Waals surface area contributed by atoms with E-state index in [0.717, 1.165) is 31.4 Å². The van der Waals surface area contributed by atoms with Crippen molar-refractivity contribution in [2.75, 3.05) is 6.54 Å². The monoisotopic (exact) mass is 254 g/mol. The van der Waals surface area contributed by atoms with Gasteiger partial charge in [-0.3, -0.25) is 0 Å². The van der Waals surface area contributed by atoms with Gasteiger partial charge in [0.25, 0.3) is 0 Å². The Morgan fingerprint density at radius 2 is 1.89 bits per heavy atom. The topological polar surface area (TPSA) is 117 Å². The molecule has 0 unspecified atom stereocenters. The van der Waals surface area contributed by atoms with Crippen molar-refractivity contribution in [3.8, 4) is 0 Å². The first-order valence-electron chi connectivity index (χ1n) is 5.68. The van der Waals surface area contributed by atoms with E-state index in [1.807, 2.05) is 0 Å². The lowest BCUT2D eigenvalue weighted by molar-refractivity contribution is -0.159. The zero-order valence-electron chi connectivity index (χ0n) is 9.67. The van der Waals surface area contributed by atoms with Gasteiger partial charge in [0.2, 0.25) is 0 Å². The summed E-state index contributed by atoms with van der Waals surface area (Å²) in [5, 5.41) is 26.5. The van der Waals surface area contributed by atoms with Crippen LogP contribution in [0.1, 0.15) is 30.4 Å². The Morgan fingerprint density at radius 3 is 2.44 bits per heavy atom. The van der Waals surface area contributed by atoms with Crippen molar-refractivity contribution in [1.82, 2.24) is 20.1 Å². The van der Waals surface area contributed by atoms with Crippen LogP contribution < -0.4 is 5.32 Å². The van der Waals surface area contributed by atoms with Gasteiger partial charge in [0.05, 0.1) is 6.54 Å². The zero-order chi connectivity index (χ0) is 13.1. The van der Waals surface area contributed by atoms with Gasteiger partial charge in [0.15, 0.2) is 0 Å². The van der Waals surface area contributed by atoms with Crippen molar-refractivity contribution in [2.24, 2.45) is 0 Å². The van der Waals surface area contributed by atoms with E-state index in [1.165, 1.54) is 18.7 Å². The molecule has 0 amide bonds. The number of aliphatic carboxylic acids is 2. The number of aromatic nitrogens is 3. The lowest BCUT2D eigenvalue weighted by Crippen LogP contribution is -2.29. The molecule has 1 saturated carbocycles. The minimum atomic E-state index is -1.82. The predicted molar refractivity (Wildman–Crippen MR) is 59.0 cm³/mol. The third-order valence-electron chi connectivity index (χ3n) is 2.78. The van der Waals surface area contributed by atoms with E-state index in [1.54, 1.807) is 0 Å². The Hall–Kier alpha value is -1.96. The van der Waals surface area contributed by atoms with Crippen LogP contribution in [-0.4, -0.2) is 43.5 Å². The average Bonchev–Trinajstić information content (AvgIpc) is 3.10. The van der Waals surface area contributed by atoms with Crippen molar-refractivity contribution < 1.29 is 19.8 Å². The molecule has 0 bridgehead atoms. The summed E-state index contributed by atoms with van der Waals surface area (Å²) in [4.78, 5) is 18.2. The normalized spacial score (nSPS) is 17.3. The first-order chi connectivity index (χ1) is 8.59. The molecule has 98 valence electrons. The van der Waals surface area contributed by atoms with E-state index in [9.17, 15) is 0 Å². The molecule has 3 rings (SSSR count). The molecule has 0 radical (unpaired) electrons. The number of hydrogen-bond acceptors (Lipinski definition) is 5. The SMILES string of the molecule is C1Cn2c(nnc2C2CC2)CN1.O=C(O)C(=O)O. The molecule has 1 fully saturated rings. The van der Waals surface area contributed by atoms with Crippen LogP contribution in [0.15, 0.2) is 0 Å². The second-order valence-electron chi connectivity index (χ2n) is 4.19. The van der Waals surface area contributed by atoms with Gasteiger partial charge >= 0.3 is 11.9 Å². The van der Waals surface area contributed by atoms with Crippen LogP contribution in [-0.2, 0) is 22.7 Å². The van der Waals surface area contributed by atoms with Crippen LogP contribution in [0, 0.1) is 0 Å². The van der Waals surface area contributed by atoms with E-state index in [4.69, 9.17) is 19.8 Å². The molecule has 0 aromatic carbocycles. The number of carboxylic acid groups (broad SMARTS) is 2. The van der Waals surface area contributed by atoms with Crippen molar-refractivity contribution in [1.29, 1.82) is 0 Å². The average molecular weight is 254 g/mol. The molecule has 0 spiro atoms. The summed E-state index contributed by atoms with van der Waals surface area (Å²) in [6, 6.07) is 0. The van der Waals surface area contributed by atoms with Gasteiger partial charge in [-0.1, -0.05) is 0 Å². The van der Waals surface area contributed by atoms with Crippen molar-refractivity contribution in [3.63, 3.8) is 0 Å². The van der Waals surface area contributed by atoms with Crippen LogP contribution in [0.4, 0.5) is 0 Å². The first-order valence-corrected chi connectivity index (χ1v) is 5.68. The summed E-state index contributed by atoms with van der Waals surface area (Å²) in [6.45, 7) is 3.00. The van der Waals surface area contributed by atoms with Gasteiger partial charge in [-0.2, -0.15) is 0 Å². The minimum Gasteiger partial charge on any atom is -0.473 e. The molecule has 8 heteroatoms. The molecule has 0 saturated heterocycles. The molecule has 1 aromatic heterocycles. The number of nitrogens with one attached hydrogen (secondary N) is 1. The molecule has 0 atom stereocenters. The summed E-state index contributed by atoms with van der Waals surface area (Å²) in [5.41, 5.74) is 0. The number of rotatable bonds is 1. The van der Waals surface area contributed by atoms with Crippen molar-refractivity contribution in [3.05, 3.63) is 11.6 Å². The van der Waals surface area contributed by atoms with Crippen LogP contribution in [0.2, 0.25) is 0 Å². The maximum atomic E-state index is 9.10. The molecule has 1 aliphatic carbocycles. The summed E-state index contributed by atoms with van der Waals surface area (Å²) < 4.78 is 2.29. The largest absolute Gasteiger partial charge is 0.473 e. The van der Waals surface area contributed by atoms with E-state index in [2.05, 4.69) is 20.1 Å². The predicted octanol–water partition coefficient (Wildman–Crippen LogP) is -0.586. The Kier molecular flexibility index (Phi) is 3.56. The van der Waals surface area contributed by atoms with Gasteiger partial charge in [0, 0.05) is 19.0 Å². The Bertz CT molecular complexity index is 454. The van der Waals surface area contributed by atoms with Crippen LogP contribution >= 0.6 is 0 Å². The molecule has 2 heterocycles. The van der Waals surface area contributed by atoms with Crippen LogP contribution in [0.3, 0.4) is 0 Å². The second kappa shape index (κ2) is 5.13. The molecule has 1 aromatic rings. The van der Waals surface area contributed by atoms with E-state index < -0.39 is 11.9 Å². The highest BCUT2D eigenvalue weighted by Gasteiger charge is 2.30. The molecule has 1 aliphatic heterocycles. The van der Waals surface area contributed by atoms with Crippen molar-refractivity contribution >= 4 is 11.9 Å². The number of fused-ring (bicyclic) bond motifs is 1. The second-order valence-corrected chi connectivity index (χ2v) is 4.19. The van der Waals surface area contributed by atoms with Gasteiger partial charge in [-0.05, 0) is 12.8 Å². The van der Waals surface area contributed by atoms with Gasteiger partial charge in [-0.15, -0.1) is 10.2 Å². The maximum Gasteiger partial charge on any atom is 0.414 e. The molecule has 8 nitrogen and oxygen atoms in total. The molecule has 3 N–H and O–H groups in total. The quantitative estimate of drug-likeness (QED) is 0.573. The standard InChI is InChI=1S/C8H12N4.C2H2O4/c1-2-6(1)8-11-10-7-5-9-3-4-12(7)8;3-1(4)2(5)6/h6,9H,1-5H2;(H,3,4)(H,5,6). The van der Waals surface area contributed by atoms with Gasteiger partial charge in [-0.25, -0.2) is 9.59 Å². The highest BCUT2D eigenvalue weighted by atomic mass is 16.4. The third-order valence-corrected chi connectivity index (χ3v) is 2.78. The Morgan fingerprint density at radius 1 is 1.22 bits per heavy atom. The fourth-order valence-electron chi connectivity index (χ4n) is 1.76. The number of hydrogen-bond donors (Lipinski definition) is 3. The highest BCUT2D eigenvalue weighted by Crippen LogP contribution is 2.39. The highest BCUT2D eigenvalue weighted by molar-refractivity contribution is 6.27. The lowest BCUT2D eigenvalue weighted by atomic mass is 10.3. The van der Waals surface area contributed by atoms with Crippen molar-refractivity contribution in [2.45, 2.75) is 31.8 Å². The summed E-state index contributed by atoms with van der Waals surface area (Å²) in [5.74, 6) is -0.580. The molecule has 2 aliphatic rings. The van der Waals surface area contributed by atoms with Crippen LogP contribution in [0.5, 0.6) is 0 Å². The molecular weight excluding hydrogens is 240 g/mol. The van der Waals surface area contributed by atoms with E-state index in [-0.39, 0.29) is 0 Å². The van der Waals surface area contributed by atoms with Gasteiger partial charge < -0.3 is 20.1 Å². The lowest BCUT2D eigenvalue weighted by Gasteiger charge is -2.15. The van der Waals surface area contributed by atoms with Crippen LogP contribution in [0.25, 0.3) is 0 Å². The smallest absolute Gasteiger partial charge is 0.414 e.